The van der Waals surface area contributed by atoms with Crippen LogP contribution in [0.4, 0.5) is 11.8 Å². The van der Waals surface area contributed by atoms with Gasteiger partial charge < -0.3 is 26.1 Å². The number of aromatic nitrogens is 3. The van der Waals surface area contributed by atoms with E-state index in [0.29, 0.717) is 6.54 Å². The molecule has 4 aromatic rings. The largest absolute Gasteiger partial charge is 0.496 e. The molecule has 0 saturated carbocycles. The van der Waals surface area contributed by atoms with E-state index in [0.717, 1.165) is 77.7 Å². The summed E-state index contributed by atoms with van der Waals surface area (Å²) in [4.78, 5) is 9.24. The molecule has 7 nitrogen and oxygen atoms in total. The lowest BCUT2D eigenvalue weighted by molar-refractivity contribution is 0.409. The number of anilines is 2. The molecule has 182 valence electrons. The van der Waals surface area contributed by atoms with Gasteiger partial charge >= 0.3 is 0 Å². The van der Waals surface area contributed by atoms with Crippen molar-refractivity contribution < 1.29 is 4.74 Å². The molecule has 1 aliphatic carbocycles. The van der Waals surface area contributed by atoms with Gasteiger partial charge in [0.15, 0.2) is 5.82 Å². The Morgan fingerprint density at radius 1 is 1.17 bits per heavy atom. The summed E-state index contributed by atoms with van der Waals surface area (Å²) in [5, 5.41) is 4.57. The second-order valence-corrected chi connectivity index (χ2v) is 9.29. The molecule has 5 rings (SSSR count). The fourth-order valence-corrected chi connectivity index (χ4v) is 5.08. The van der Waals surface area contributed by atoms with Crippen molar-refractivity contribution in [1.29, 1.82) is 0 Å². The van der Waals surface area contributed by atoms with Gasteiger partial charge in [-0.2, -0.15) is 4.98 Å². The second-order valence-electron chi connectivity index (χ2n) is 9.29. The molecule has 0 fully saturated rings. The maximum atomic E-state index is 6.23. The SMILES string of the molecule is CCCCNc1nc(N)nc2c3ccccc3n(Cc3cc(C4=CC(N)CCC4)ccc3OC)c12. The van der Waals surface area contributed by atoms with Gasteiger partial charge in [-0.25, -0.2) is 4.98 Å². The molecule has 0 bridgehead atoms. The molecule has 35 heavy (non-hydrogen) atoms. The van der Waals surface area contributed by atoms with Crippen molar-refractivity contribution in [3.05, 3.63) is 59.7 Å². The highest BCUT2D eigenvalue weighted by molar-refractivity contribution is 6.09. The summed E-state index contributed by atoms with van der Waals surface area (Å²) in [6.07, 6.45) is 7.58. The van der Waals surface area contributed by atoms with Crippen molar-refractivity contribution in [3.8, 4) is 5.75 Å². The van der Waals surface area contributed by atoms with Gasteiger partial charge in [0.25, 0.3) is 0 Å². The molecule has 0 aliphatic heterocycles. The number of methoxy groups -OCH3 is 1. The van der Waals surface area contributed by atoms with Crippen molar-refractivity contribution in [2.24, 2.45) is 5.73 Å². The van der Waals surface area contributed by atoms with Crippen LogP contribution in [0.15, 0.2) is 48.5 Å². The average molecular weight is 471 g/mol. The van der Waals surface area contributed by atoms with Crippen LogP contribution < -0.4 is 21.5 Å². The Morgan fingerprint density at radius 3 is 2.83 bits per heavy atom. The van der Waals surface area contributed by atoms with Crippen LogP contribution in [0.2, 0.25) is 0 Å². The predicted molar refractivity (Wildman–Crippen MR) is 145 cm³/mol. The molecule has 1 aliphatic rings. The third-order valence-corrected chi connectivity index (χ3v) is 6.82. The first kappa shape index (κ1) is 23.2. The van der Waals surface area contributed by atoms with Gasteiger partial charge in [-0.1, -0.05) is 43.7 Å². The molecule has 7 heteroatoms. The molecule has 0 spiro atoms. The Labute approximate surface area is 206 Å². The molecule has 2 heterocycles. The number of benzene rings is 2. The van der Waals surface area contributed by atoms with E-state index in [9.17, 15) is 0 Å². The third kappa shape index (κ3) is 4.56. The Morgan fingerprint density at radius 2 is 2.03 bits per heavy atom. The number of nitrogens with zero attached hydrogens (tertiary/aromatic N) is 3. The standard InChI is InChI=1S/C28H34N6O/c1-3-4-14-31-27-26-25(32-28(30)33-27)22-10-5-6-11-23(22)34(26)17-20-15-19(12-13-24(20)35-2)18-8-7-9-21(29)16-18/h5-6,10-13,15-16,21H,3-4,7-9,14,17,29H2,1-2H3,(H3,30,31,32,33). The van der Waals surface area contributed by atoms with E-state index in [1.165, 1.54) is 11.1 Å². The highest BCUT2D eigenvalue weighted by Gasteiger charge is 2.20. The van der Waals surface area contributed by atoms with E-state index in [4.69, 9.17) is 16.2 Å². The molecule has 5 N–H and O–H groups in total. The summed E-state index contributed by atoms with van der Waals surface area (Å²) in [7, 11) is 1.72. The number of ether oxygens (including phenoxy) is 1. The van der Waals surface area contributed by atoms with Gasteiger partial charge in [0, 0.05) is 23.5 Å². The summed E-state index contributed by atoms with van der Waals surface area (Å²) in [5.41, 5.74) is 18.9. The Kier molecular flexibility index (Phi) is 6.59. The number of nitrogens with one attached hydrogen (secondary N) is 1. The van der Waals surface area contributed by atoms with Crippen LogP contribution in [0.25, 0.3) is 27.5 Å². The number of rotatable bonds is 8. The van der Waals surface area contributed by atoms with E-state index >= 15 is 0 Å². The van der Waals surface area contributed by atoms with E-state index < -0.39 is 0 Å². The predicted octanol–water partition coefficient (Wildman–Crippen LogP) is 5.33. The number of hydrogen-bond donors (Lipinski definition) is 3. The van der Waals surface area contributed by atoms with Crippen molar-refractivity contribution in [3.63, 3.8) is 0 Å². The van der Waals surface area contributed by atoms with Crippen LogP contribution in [0, 0.1) is 0 Å². The molecule has 1 atom stereocenters. The van der Waals surface area contributed by atoms with Crippen LogP contribution in [0.1, 0.15) is 50.2 Å². The molecule has 2 aromatic heterocycles. The highest BCUT2D eigenvalue weighted by Crippen LogP contribution is 2.35. The molecule has 2 aromatic carbocycles. The molecule has 1 unspecified atom stereocenters. The summed E-state index contributed by atoms with van der Waals surface area (Å²) in [6.45, 7) is 3.63. The molecule has 0 saturated heterocycles. The fraction of sp³-hybridized carbons (Fsp3) is 0.357. The number of hydrogen-bond acceptors (Lipinski definition) is 6. The molecular weight excluding hydrogens is 436 g/mol. The zero-order valence-corrected chi connectivity index (χ0v) is 20.6. The summed E-state index contributed by atoms with van der Waals surface area (Å²) < 4.78 is 8.06. The van der Waals surface area contributed by atoms with Gasteiger partial charge in [-0.3, -0.25) is 0 Å². The van der Waals surface area contributed by atoms with Crippen molar-refractivity contribution in [1.82, 2.24) is 14.5 Å². The minimum atomic E-state index is 0.126. The van der Waals surface area contributed by atoms with Gasteiger partial charge in [0.05, 0.1) is 19.2 Å². The Hall–Kier alpha value is -3.58. The quantitative estimate of drug-likeness (QED) is 0.301. The van der Waals surface area contributed by atoms with Crippen molar-refractivity contribution in [2.75, 3.05) is 24.7 Å². The highest BCUT2D eigenvalue weighted by atomic mass is 16.5. The second kappa shape index (κ2) is 9.96. The first-order valence-corrected chi connectivity index (χ1v) is 12.5. The molecule has 0 amide bonds. The van der Waals surface area contributed by atoms with E-state index in [1.807, 2.05) is 6.07 Å². The van der Waals surface area contributed by atoms with E-state index in [-0.39, 0.29) is 12.0 Å². The molecule has 0 radical (unpaired) electrons. The topological polar surface area (TPSA) is 104 Å². The maximum Gasteiger partial charge on any atom is 0.222 e. The monoisotopic (exact) mass is 470 g/mol. The van der Waals surface area contributed by atoms with E-state index in [1.54, 1.807) is 7.11 Å². The van der Waals surface area contributed by atoms with Crippen LogP contribution in [0.3, 0.4) is 0 Å². The van der Waals surface area contributed by atoms with Gasteiger partial charge in [0.1, 0.15) is 16.8 Å². The Bertz CT molecular complexity index is 1390. The fourth-order valence-electron chi connectivity index (χ4n) is 5.08. The number of allylic oxidation sites excluding steroid dienone is 1. The third-order valence-electron chi connectivity index (χ3n) is 6.82. The summed E-state index contributed by atoms with van der Waals surface area (Å²) in [6, 6.07) is 14.9. The summed E-state index contributed by atoms with van der Waals surface area (Å²) >= 11 is 0. The van der Waals surface area contributed by atoms with Crippen molar-refractivity contribution >= 4 is 39.3 Å². The zero-order valence-electron chi connectivity index (χ0n) is 20.6. The number of unbranched alkanes of at least 4 members (excludes halogenated alkanes) is 1. The van der Waals surface area contributed by atoms with Gasteiger partial charge in [-0.05, 0) is 55.0 Å². The van der Waals surface area contributed by atoms with Gasteiger partial charge in [0.2, 0.25) is 5.95 Å². The molecular formula is C28H34N6O. The van der Waals surface area contributed by atoms with Crippen LogP contribution in [-0.4, -0.2) is 34.2 Å². The number of nitrogen functional groups attached to an aromatic ring is 1. The normalized spacial score (nSPS) is 16.0. The number of para-hydroxylation sites is 1. The minimum absolute atomic E-state index is 0.126. The minimum Gasteiger partial charge on any atom is -0.496 e. The zero-order chi connectivity index (χ0) is 24.4. The first-order valence-electron chi connectivity index (χ1n) is 12.5. The van der Waals surface area contributed by atoms with E-state index in [2.05, 4.69) is 69.2 Å². The van der Waals surface area contributed by atoms with Gasteiger partial charge in [-0.15, -0.1) is 0 Å². The van der Waals surface area contributed by atoms with Crippen LogP contribution in [-0.2, 0) is 6.54 Å². The first-order chi connectivity index (χ1) is 17.1. The smallest absolute Gasteiger partial charge is 0.222 e. The van der Waals surface area contributed by atoms with Crippen molar-refractivity contribution in [2.45, 2.75) is 51.6 Å². The number of fused-ring (bicyclic) bond motifs is 3. The lowest BCUT2D eigenvalue weighted by Gasteiger charge is -2.20. The summed E-state index contributed by atoms with van der Waals surface area (Å²) in [5.74, 6) is 1.91. The lowest BCUT2D eigenvalue weighted by Crippen LogP contribution is -2.20. The van der Waals surface area contributed by atoms with Crippen LogP contribution >= 0.6 is 0 Å². The van der Waals surface area contributed by atoms with Crippen LogP contribution in [0.5, 0.6) is 5.75 Å². The average Bonchev–Trinajstić information content (AvgIpc) is 3.17. The lowest BCUT2D eigenvalue weighted by atomic mass is 9.90. The maximum absolute atomic E-state index is 6.23. The Balaban J connectivity index is 1.66. The number of nitrogens with two attached hydrogens (primary N) is 2.